The molecular weight excluding hydrogens is 260 g/mol. The van der Waals surface area contributed by atoms with Crippen molar-refractivity contribution in [2.24, 2.45) is 11.8 Å². The Hall–Kier alpha value is -1.92. The zero-order valence-electron chi connectivity index (χ0n) is 11.3. The van der Waals surface area contributed by atoms with Crippen molar-refractivity contribution in [1.82, 2.24) is 20.5 Å². The maximum Gasteiger partial charge on any atom is 0.307 e. The van der Waals surface area contributed by atoms with E-state index < -0.39 is 11.9 Å². The summed E-state index contributed by atoms with van der Waals surface area (Å²) in [6.45, 7) is 0.530. The molecule has 110 valence electrons. The van der Waals surface area contributed by atoms with Crippen molar-refractivity contribution in [3.63, 3.8) is 0 Å². The minimum atomic E-state index is -0.855. The highest BCUT2D eigenvalue weighted by Gasteiger charge is 2.35. The number of aliphatic carboxylic acids is 1. The van der Waals surface area contributed by atoms with Crippen LogP contribution in [0.2, 0.25) is 0 Å². The highest BCUT2D eigenvalue weighted by molar-refractivity contribution is 5.84. The monoisotopic (exact) mass is 280 g/mol. The number of H-pyrrole nitrogens is 1. The Bertz CT molecular complexity index is 446. The molecule has 1 aliphatic rings. The molecule has 1 aliphatic carbocycles. The molecule has 20 heavy (non-hydrogen) atoms. The molecule has 7 heteroatoms. The zero-order chi connectivity index (χ0) is 14.4. The minimum Gasteiger partial charge on any atom is -0.481 e. The number of aromatic amines is 1. The van der Waals surface area contributed by atoms with E-state index in [9.17, 15) is 9.59 Å². The number of carboxylic acid groups (broad SMARTS) is 1. The van der Waals surface area contributed by atoms with Gasteiger partial charge in [-0.25, -0.2) is 4.98 Å². The second-order valence-electron chi connectivity index (χ2n) is 5.16. The molecule has 0 spiro atoms. The smallest absolute Gasteiger partial charge is 0.307 e. The molecule has 3 N–H and O–H groups in total. The van der Waals surface area contributed by atoms with Crippen LogP contribution in [0.15, 0.2) is 6.33 Å². The Kier molecular flexibility index (Phi) is 5.09. The van der Waals surface area contributed by atoms with E-state index in [1.54, 1.807) is 0 Å². The van der Waals surface area contributed by atoms with Gasteiger partial charge in [0.2, 0.25) is 5.91 Å². The summed E-state index contributed by atoms with van der Waals surface area (Å²) < 4.78 is 0. The quantitative estimate of drug-likeness (QED) is 0.666. The van der Waals surface area contributed by atoms with Gasteiger partial charge in [-0.3, -0.25) is 14.7 Å². The van der Waals surface area contributed by atoms with Gasteiger partial charge in [0, 0.05) is 13.0 Å². The number of nitrogens with zero attached hydrogens (tertiary/aromatic N) is 2. The molecule has 1 saturated carbocycles. The first-order chi connectivity index (χ1) is 9.68. The van der Waals surface area contributed by atoms with Crippen molar-refractivity contribution in [3.8, 4) is 0 Å². The third-order valence-corrected chi connectivity index (χ3v) is 3.77. The highest BCUT2D eigenvalue weighted by Crippen LogP contribution is 2.30. The van der Waals surface area contributed by atoms with Crippen LogP contribution in [-0.2, 0) is 16.0 Å². The van der Waals surface area contributed by atoms with Gasteiger partial charge in [0.1, 0.15) is 12.2 Å². The van der Waals surface area contributed by atoms with E-state index in [2.05, 4.69) is 20.5 Å². The SMILES string of the molecule is O=C(O)C1CCCCC1C(=O)NCCCc1ncn[nH]1. The van der Waals surface area contributed by atoms with E-state index >= 15 is 0 Å². The number of hydrogen-bond donors (Lipinski definition) is 3. The average Bonchev–Trinajstić information content (AvgIpc) is 2.96. The van der Waals surface area contributed by atoms with Crippen LogP contribution in [0.5, 0.6) is 0 Å². The summed E-state index contributed by atoms with van der Waals surface area (Å²) in [6, 6.07) is 0. The van der Waals surface area contributed by atoms with Crippen LogP contribution >= 0.6 is 0 Å². The van der Waals surface area contributed by atoms with Crippen LogP contribution in [0.25, 0.3) is 0 Å². The van der Waals surface area contributed by atoms with E-state index in [0.717, 1.165) is 25.1 Å². The second-order valence-corrected chi connectivity index (χ2v) is 5.16. The summed E-state index contributed by atoms with van der Waals surface area (Å²) in [5.74, 6) is -1.11. The van der Waals surface area contributed by atoms with Gasteiger partial charge in [-0.2, -0.15) is 5.10 Å². The van der Waals surface area contributed by atoms with Crippen molar-refractivity contribution in [2.75, 3.05) is 6.54 Å². The Morgan fingerprint density at radius 3 is 2.75 bits per heavy atom. The second kappa shape index (κ2) is 7.02. The van der Waals surface area contributed by atoms with Gasteiger partial charge in [-0.1, -0.05) is 12.8 Å². The first-order valence-electron chi connectivity index (χ1n) is 7.03. The van der Waals surface area contributed by atoms with Gasteiger partial charge >= 0.3 is 5.97 Å². The van der Waals surface area contributed by atoms with E-state index in [4.69, 9.17) is 5.11 Å². The number of hydrogen-bond acceptors (Lipinski definition) is 4. The lowest BCUT2D eigenvalue weighted by Crippen LogP contribution is -2.40. The molecule has 2 unspecified atom stereocenters. The maximum atomic E-state index is 12.1. The first-order valence-corrected chi connectivity index (χ1v) is 7.03. The molecule has 1 amide bonds. The molecule has 0 aliphatic heterocycles. The predicted octanol–water partition coefficient (Wildman–Crippen LogP) is 0.744. The maximum absolute atomic E-state index is 12.1. The number of amides is 1. The molecule has 0 aromatic carbocycles. The Balaban J connectivity index is 1.74. The van der Waals surface area contributed by atoms with Gasteiger partial charge in [0.25, 0.3) is 0 Å². The number of carboxylic acids is 1. The van der Waals surface area contributed by atoms with E-state index in [0.29, 0.717) is 25.8 Å². The molecule has 1 aromatic heterocycles. The molecule has 1 aromatic rings. The zero-order valence-corrected chi connectivity index (χ0v) is 11.3. The molecule has 0 radical (unpaired) electrons. The van der Waals surface area contributed by atoms with E-state index in [-0.39, 0.29) is 11.8 Å². The molecule has 0 saturated heterocycles. The summed E-state index contributed by atoms with van der Waals surface area (Å²) >= 11 is 0. The summed E-state index contributed by atoms with van der Waals surface area (Å²) in [5, 5.41) is 18.5. The fourth-order valence-corrected chi connectivity index (χ4v) is 2.69. The highest BCUT2D eigenvalue weighted by atomic mass is 16.4. The summed E-state index contributed by atoms with van der Waals surface area (Å²) in [4.78, 5) is 27.2. The van der Waals surface area contributed by atoms with Crippen molar-refractivity contribution < 1.29 is 14.7 Å². The van der Waals surface area contributed by atoms with E-state index in [1.165, 1.54) is 6.33 Å². The van der Waals surface area contributed by atoms with Gasteiger partial charge < -0.3 is 10.4 Å². The van der Waals surface area contributed by atoms with Crippen LogP contribution in [-0.4, -0.2) is 38.7 Å². The topological polar surface area (TPSA) is 108 Å². The molecule has 2 rings (SSSR count). The van der Waals surface area contributed by atoms with Crippen molar-refractivity contribution in [3.05, 3.63) is 12.2 Å². The Morgan fingerprint density at radius 1 is 1.35 bits per heavy atom. The first kappa shape index (κ1) is 14.5. The molecule has 2 atom stereocenters. The van der Waals surface area contributed by atoms with Gasteiger partial charge in [-0.15, -0.1) is 0 Å². The summed E-state index contributed by atoms with van der Waals surface area (Å²) in [7, 11) is 0. The lowest BCUT2D eigenvalue weighted by Gasteiger charge is -2.27. The summed E-state index contributed by atoms with van der Waals surface area (Å²) in [5.41, 5.74) is 0. The van der Waals surface area contributed by atoms with Crippen LogP contribution in [0.1, 0.15) is 37.9 Å². The van der Waals surface area contributed by atoms with Gasteiger partial charge in [0.15, 0.2) is 0 Å². The summed E-state index contributed by atoms with van der Waals surface area (Å²) in [6.07, 6.45) is 6.02. The third kappa shape index (κ3) is 3.79. The van der Waals surface area contributed by atoms with Crippen molar-refractivity contribution in [1.29, 1.82) is 0 Å². The normalized spacial score (nSPS) is 22.4. The van der Waals surface area contributed by atoms with Crippen molar-refractivity contribution >= 4 is 11.9 Å². The standard InChI is InChI=1S/C13H20N4O3/c18-12(9-4-1-2-5-10(9)13(19)20)14-7-3-6-11-15-8-16-17-11/h8-10H,1-7H2,(H,14,18)(H,19,20)(H,15,16,17). The largest absolute Gasteiger partial charge is 0.481 e. The lowest BCUT2D eigenvalue weighted by atomic mass is 9.78. The van der Waals surface area contributed by atoms with Crippen LogP contribution in [0, 0.1) is 11.8 Å². The lowest BCUT2D eigenvalue weighted by molar-refractivity contribution is -0.148. The average molecular weight is 280 g/mol. The number of nitrogens with one attached hydrogen (secondary N) is 2. The van der Waals surface area contributed by atoms with Gasteiger partial charge in [-0.05, 0) is 19.3 Å². The molecule has 1 heterocycles. The van der Waals surface area contributed by atoms with E-state index in [1.807, 2.05) is 0 Å². The molecule has 0 bridgehead atoms. The molecular formula is C13H20N4O3. The fourth-order valence-electron chi connectivity index (χ4n) is 2.69. The number of aromatic nitrogens is 3. The number of carbonyl (C=O) groups excluding carboxylic acids is 1. The van der Waals surface area contributed by atoms with Gasteiger partial charge in [0.05, 0.1) is 11.8 Å². The third-order valence-electron chi connectivity index (χ3n) is 3.77. The number of rotatable bonds is 6. The Morgan fingerprint density at radius 2 is 2.10 bits per heavy atom. The van der Waals surface area contributed by atoms with Crippen LogP contribution in [0.3, 0.4) is 0 Å². The number of carbonyl (C=O) groups is 2. The van der Waals surface area contributed by atoms with Crippen LogP contribution < -0.4 is 5.32 Å². The van der Waals surface area contributed by atoms with Crippen molar-refractivity contribution in [2.45, 2.75) is 38.5 Å². The van der Waals surface area contributed by atoms with Crippen LogP contribution in [0.4, 0.5) is 0 Å². The predicted molar refractivity (Wildman–Crippen MR) is 70.8 cm³/mol. The molecule has 7 nitrogen and oxygen atoms in total. The minimum absolute atomic E-state index is 0.130. The number of aryl methyl sites for hydroxylation is 1. The molecule has 1 fully saturated rings. The fraction of sp³-hybridized carbons (Fsp3) is 0.692. The Labute approximate surface area is 117 Å².